The van der Waals surface area contributed by atoms with E-state index in [4.69, 9.17) is 0 Å². The van der Waals surface area contributed by atoms with Crippen LogP contribution < -0.4 is 5.32 Å². The second kappa shape index (κ2) is 10.2. The number of allylic oxidation sites excluding steroid dienone is 3. The van der Waals surface area contributed by atoms with Gasteiger partial charge < -0.3 is 5.32 Å². The first-order chi connectivity index (χ1) is 8.10. The summed E-state index contributed by atoms with van der Waals surface area (Å²) in [6.07, 6.45) is 5.95. The van der Waals surface area contributed by atoms with Crippen molar-refractivity contribution < 1.29 is 4.79 Å². The van der Waals surface area contributed by atoms with E-state index in [1.807, 2.05) is 30.7 Å². The lowest BCUT2D eigenvalue weighted by molar-refractivity contribution is 0.567. The first-order valence-electron chi connectivity index (χ1n) is 6.02. The average molecular weight is 253 g/mol. The molecule has 0 saturated heterocycles. The number of thioether (sulfide) groups is 1. The van der Waals surface area contributed by atoms with Gasteiger partial charge in [-0.3, -0.25) is 0 Å². The molecular formula is C14H23NOS. The maximum atomic E-state index is 10.3. The zero-order valence-electron chi connectivity index (χ0n) is 11.1. The second-order valence-electron chi connectivity index (χ2n) is 4.04. The largest absolute Gasteiger partial charge is 0.383 e. The van der Waals surface area contributed by atoms with Crippen LogP contribution in [0.2, 0.25) is 0 Å². The fourth-order valence-electron chi connectivity index (χ4n) is 1.21. The van der Waals surface area contributed by atoms with Gasteiger partial charge in [0, 0.05) is 17.3 Å². The lowest BCUT2D eigenvalue weighted by Crippen LogP contribution is -2.23. The molecule has 1 N–H and O–H groups in total. The lowest BCUT2D eigenvalue weighted by Gasteiger charge is -2.13. The van der Waals surface area contributed by atoms with Crippen molar-refractivity contribution in [1.29, 1.82) is 0 Å². The Hall–Kier alpha value is -0.920. The van der Waals surface area contributed by atoms with Crippen molar-refractivity contribution in [2.75, 3.05) is 11.5 Å². The third kappa shape index (κ3) is 9.98. The zero-order chi connectivity index (χ0) is 13.1. The first kappa shape index (κ1) is 16.1. The van der Waals surface area contributed by atoms with Crippen molar-refractivity contribution in [3.05, 3.63) is 30.0 Å². The van der Waals surface area contributed by atoms with Gasteiger partial charge in [0.05, 0.1) is 0 Å². The molecule has 0 aromatic carbocycles. The van der Waals surface area contributed by atoms with Gasteiger partial charge in [0.25, 0.3) is 0 Å². The molecule has 0 radical (unpaired) electrons. The van der Waals surface area contributed by atoms with Crippen LogP contribution >= 0.6 is 11.8 Å². The number of nitrogens with one attached hydrogen (secondary N) is 1. The van der Waals surface area contributed by atoms with Gasteiger partial charge in [0.1, 0.15) is 5.94 Å². The molecule has 0 aliphatic carbocycles. The zero-order valence-corrected chi connectivity index (χ0v) is 11.9. The third-order valence-corrected chi connectivity index (χ3v) is 3.31. The summed E-state index contributed by atoms with van der Waals surface area (Å²) in [5.41, 5.74) is 1.67. The monoisotopic (exact) mass is 253 g/mol. The van der Waals surface area contributed by atoms with Gasteiger partial charge in [0.15, 0.2) is 0 Å². The van der Waals surface area contributed by atoms with Crippen LogP contribution in [0.15, 0.2) is 30.0 Å². The van der Waals surface area contributed by atoms with Crippen molar-refractivity contribution in [3.63, 3.8) is 0 Å². The van der Waals surface area contributed by atoms with Gasteiger partial charge in [-0.1, -0.05) is 25.7 Å². The van der Waals surface area contributed by atoms with E-state index in [1.54, 1.807) is 13.0 Å². The summed E-state index contributed by atoms with van der Waals surface area (Å²) in [4.78, 5) is 10.3. The molecule has 0 unspecified atom stereocenters. The molecule has 3 heteroatoms. The van der Waals surface area contributed by atoms with Crippen molar-refractivity contribution in [2.45, 2.75) is 39.7 Å². The highest BCUT2D eigenvalue weighted by Crippen LogP contribution is 2.08. The normalized spacial score (nSPS) is 12.2. The van der Waals surface area contributed by atoms with Crippen molar-refractivity contribution in [3.8, 4) is 0 Å². The lowest BCUT2D eigenvalue weighted by atomic mass is 10.2. The van der Waals surface area contributed by atoms with E-state index < -0.39 is 0 Å². The van der Waals surface area contributed by atoms with Gasteiger partial charge in [0.2, 0.25) is 0 Å². The summed E-state index contributed by atoms with van der Waals surface area (Å²) < 4.78 is 0. The summed E-state index contributed by atoms with van der Waals surface area (Å²) >= 11 is 1.96. The number of hydrogen-bond acceptors (Lipinski definition) is 3. The summed E-state index contributed by atoms with van der Waals surface area (Å²) in [5, 5.41) is 3.30. The fraction of sp³-hybridized carbons (Fsp3) is 0.571. The Morgan fingerprint density at radius 3 is 2.82 bits per heavy atom. The molecule has 0 aromatic rings. The molecule has 0 fully saturated rings. The van der Waals surface area contributed by atoms with E-state index in [1.165, 1.54) is 12.2 Å². The Morgan fingerprint density at radius 1 is 1.53 bits per heavy atom. The van der Waals surface area contributed by atoms with Crippen molar-refractivity contribution in [2.24, 2.45) is 0 Å². The Labute approximate surface area is 109 Å². The summed E-state index contributed by atoms with van der Waals surface area (Å²) in [6.45, 7) is 9.97. The first-order valence-corrected chi connectivity index (χ1v) is 7.17. The number of hydrogen-bond donors (Lipinski definition) is 1. The molecule has 96 valence electrons. The summed E-state index contributed by atoms with van der Waals surface area (Å²) in [6, 6.07) is 0.196. The molecule has 0 bridgehead atoms. The Morgan fingerprint density at radius 2 is 2.24 bits per heavy atom. The maximum absolute atomic E-state index is 10.3. The smallest absolute Gasteiger partial charge is 0.127 e. The molecule has 0 rings (SSSR count). The maximum Gasteiger partial charge on any atom is 0.127 e. The van der Waals surface area contributed by atoms with E-state index in [0.717, 1.165) is 17.9 Å². The van der Waals surface area contributed by atoms with Crippen LogP contribution in [0.4, 0.5) is 0 Å². The van der Waals surface area contributed by atoms with Gasteiger partial charge in [-0.2, -0.15) is 11.8 Å². The minimum Gasteiger partial charge on any atom is -0.383 e. The predicted molar refractivity (Wildman–Crippen MR) is 78.0 cm³/mol. The van der Waals surface area contributed by atoms with Crippen LogP contribution in [0.3, 0.4) is 0 Å². The topological polar surface area (TPSA) is 29.1 Å². The fourth-order valence-corrected chi connectivity index (χ4v) is 2.09. The SMILES string of the molecule is C=C(CCSCCC)N[C@@H](C)/C=C/C(C)=C=O. The van der Waals surface area contributed by atoms with Crippen LogP contribution in [0.25, 0.3) is 0 Å². The third-order valence-electron chi connectivity index (χ3n) is 2.12. The standard InChI is InChI=1S/C14H23NOS/c1-5-9-17-10-8-14(4)15-13(3)7-6-12(2)11-16/h6-7,13,15H,4-5,8-10H2,1-3H3/b7-6+/t13-/m0/s1. The quantitative estimate of drug-likeness (QED) is 0.388. The van der Waals surface area contributed by atoms with E-state index in [2.05, 4.69) is 18.8 Å². The van der Waals surface area contributed by atoms with Gasteiger partial charge >= 0.3 is 0 Å². The van der Waals surface area contributed by atoms with E-state index >= 15 is 0 Å². The highest BCUT2D eigenvalue weighted by Gasteiger charge is 1.99. The van der Waals surface area contributed by atoms with Crippen molar-refractivity contribution in [1.82, 2.24) is 5.32 Å². The highest BCUT2D eigenvalue weighted by molar-refractivity contribution is 7.99. The second-order valence-corrected chi connectivity index (χ2v) is 5.27. The molecule has 17 heavy (non-hydrogen) atoms. The minimum absolute atomic E-state index is 0.196. The predicted octanol–water partition coefficient (Wildman–Crippen LogP) is 3.35. The van der Waals surface area contributed by atoms with Crippen LogP contribution in [0.1, 0.15) is 33.6 Å². The molecule has 0 amide bonds. The van der Waals surface area contributed by atoms with E-state index in [-0.39, 0.29) is 6.04 Å². The van der Waals surface area contributed by atoms with Crippen LogP contribution in [0, 0.1) is 0 Å². The van der Waals surface area contributed by atoms with Crippen LogP contribution in [-0.2, 0) is 4.79 Å². The molecule has 0 aromatic heterocycles. The average Bonchev–Trinajstić information content (AvgIpc) is 2.31. The molecular weight excluding hydrogens is 230 g/mol. The van der Waals surface area contributed by atoms with Crippen LogP contribution in [0.5, 0.6) is 0 Å². The Kier molecular flexibility index (Phi) is 9.69. The molecule has 0 saturated carbocycles. The molecule has 0 heterocycles. The Balaban J connectivity index is 3.80. The highest BCUT2D eigenvalue weighted by atomic mass is 32.2. The molecule has 1 atom stereocenters. The molecule has 0 spiro atoms. The Bertz CT molecular complexity index is 303. The van der Waals surface area contributed by atoms with E-state index in [9.17, 15) is 4.79 Å². The number of rotatable bonds is 9. The molecule has 0 aliphatic heterocycles. The molecule has 2 nitrogen and oxygen atoms in total. The summed E-state index contributed by atoms with van der Waals surface area (Å²) in [5.74, 6) is 4.18. The van der Waals surface area contributed by atoms with Gasteiger partial charge in [-0.25, -0.2) is 4.79 Å². The molecule has 0 aliphatic rings. The van der Waals surface area contributed by atoms with Crippen LogP contribution in [-0.4, -0.2) is 23.5 Å². The van der Waals surface area contributed by atoms with E-state index in [0.29, 0.717) is 5.57 Å². The summed E-state index contributed by atoms with van der Waals surface area (Å²) in [7, 11) is 0. The van der Waals surface area contributed by atoms with Gasteiger partial charge in [-0.05, 0) is 38.2 Å². The van der Waals surface area contributed by atoms with Gasteiger partial charge in [-0.15, -0.1) is 0 Å². The number of carbonyl (C=O) groups excluding carboxylic acids is 1. The van der Waals surface area contributed by atoms with Crippen molar-refractivity contribution >= 4 is 17.7 Å². The minimum atomic E-state index is 0.196.